The van der Waals surface area contributed by atoms with Gasteiger partial charge in [0, 0.05) is 11.6 Å². The SMILES string of the molecule is Cc1ccc(F)c(Oc2c(F)cccc2[C@H](C)N)c1. The van der Waals surface area contributed by atoms with Gasteiger partial charge in [-0.15, -0.1) is 0 Å². The highest BCUT2D eigenvalue weighted by atomic mass is 19.1. The smallest absolute Gasteiger partial charge is 0.167 e. The van der Waals surface area contributed by atoms with Crippen LogP contribution in [0.2, 0.25) is 0 Å². The zero-order valence-electron chi connectivity index (χ0n) is 10.8. The highest BCUT2D eigenvalue weighted by Crippen LogP contribution is 2.33. The molecule has 0 aliphatic rings. The van der Waals surface area contributed by atoms with Gasteiger partial charge < -0.3 is 10.5 Å². The molecule has 2 nitrogen and oxygen atoms in total. The van der Waals surface area contributed by atoms with Crippen LogP contribution in [0.3, 0.4) is 0 Å². The maximum atomic E-state index is 13.8. The Hall–Kier alpha value is -1.94. The number of para-hydroxylation sites is 1. The minimum atomic E-state index is -0.560. The first-order valence-corrected chi connectivity index (χ1v) is 5.97. The molecule has 100 valence electrons. The van der Waals surface area contributed by atoms with Gasteiger partial charge in [0.25, 0.3) is 0 Å². The highest BCUT2D eigenvalue weighted by molar-refractivity contribution is 5.41. The van der Waals surface area contributed by atoms with E-state index >= 15 is 0 Å². The Balaban J connectivity index is 2.46. The van der Waals surface area contributed by atoms with Crippen LogP contribution >= 0.6 is 0 Å². The Labute approximate surface area is 110 Å². The van der Waals surface area contributed by atoms with Gasteiger partial charge in [-0.25, -0.2) is 8.78 Å². The molecule has 2 aromatic carbocycles. The van der Waals surface area contributed by atoms with Gasteiger partial charge in [-0.2, -0.15) is 0 Å². The third-order valence-corrected chi connectivity index (χ3v) is 2.79. The van der Waals surface area contributed by atoms with E-state index in [2.05, 4.69) is 0 Å². The molecule has 0 radical (unpaired) electrons. The van der Waals surface area contributed by atoms with Gasteiger partial charge in [0.2, 0.25) is 0 Å². The second-order valence-corrected chi connectivity index (χ2v) is 4.48. The van der Waals surface area contributed by atoms with Crippen molar-refractivity contribution in [2.75, 3.05) is 0 Å². The molecule has 0 saturated carbocycles. The van der Waals surface area contributed by atoms with Crippen molar-refractivity contribution in [2.24, 2.45) is 5.73 Å². The monoisotopic (exact) mass is 263 g/mol. The molecule has 2 rings (SSSR count). The second kappa shape index (κ2) is 5.36. The number of ether oxygens (including phenoxy) is 1. The molecule has 1 atom stereocenters. The summed E-state index contributed by atoms with van der Waals surface area (Å²) in [5.74, 6) is -1.13. The summed E-state index contributed by atoms with van der Waals surface area (Å²) in [6, 6.07) is 8.50. The summed E-state index contributed by atoms with van der Waals surface area (Å²) in [5, 5.41) is 0. The number of aryl methyl sites for hydroxylation is 1. The van der Waals surface area contributed by atoms with E-state index in [9.17, 15) is 8.78 Å². The van der Waals surface area contributed by atoms with E-state index in [4.69, 9.17) is 10.5 Å². The molecule has 0 unspecified atom stereocenters. The molecule has 0 bridgehead atoms. The molecule has 0 spiro atoms. The lowest BCUT2D eigenvalue weighted by Gasteiger charge is -2.15. The van der Waals surface area contributed by atoms with E-state index in [1.165, 1.54) is 18.2 Å². The fourth-order valence-electron chi connectivity index (χ4n) is 1.79. The van der Waals surface area contributed by atoms with Gasteiger partial charge in [0.15, 0.2) is 23.1 Å². The predicted molar refractivity (Wildman–Crippen MR) is 70.2 cm³/mol. The maximum absolute atomic E-state index is 13.8. The molecule has 0 saturated heterocycles. The summed E-state index contributed by atoms with van der Waals surface area (Å²) in [4.78, 5) is 0. The Kier molecular flexibility index (Phi) is 3.81. The lowest BCUT2D eigenvalue weighted by Crippen LogP contribution is -2.08. The van der Waals surface area contributed by atoms with Gasteiger partial charge in [0.1, 0.15) is 0 Å². The Morgan fingerprint density at radius 2 is 1.84 bits per heavy atom. The lowest BCUT2D eigenvalue weighted by molar-refractivity contribution is 0.407. The normalized spacial score (nSPS) is 12.3. The van der Waals surface area contributed by atoms with E-state index in [-0.39, 0.29) is 11.5 Å². The summed E-state index contributed by atoms with van der Waals surface area (Å²) < 4.78 is 32.8. The molecule has 2 aromatic rings. The maximum Gasteiger partial charge on any atom is 0.167 e. The van der Waals surface area contributed by atoms with Crippen LogP contribution in [0.4, 0.5) is 8.78 Å². The number of halogens is 2. The van der Waals surface area contributed by atoms with E-state index in [0.29, 0.717) is 5.56 Å². The second-order valence-electron chi connectivity index (χ2n) is 4.48. The van der Waals surface area contributed by atoms with Gasteiger partial charge >= 0.3 is 0 Å². The molecule has 0 aliphatic carbocycles. The van der Waals surface area contributed by atoms with Crippen molar-refractivity contribution in [3.8, 4) is 11.5 Å². The molecule has 0 heterocycles. The van der Waals surface area contributed by atoms with Crippen molar-refractivity contribution in [1.29, 1.82) is 0 Å². The van der Waals surface area contributed by atoms with Crippen molar-refractivity contribution in [3.05, 3.63) is 59.2 Å². The fourth-order valence-corrected chi connectivity index (χ4v) is 1.79. The molecule has 4 heteroatoms. The van der Waals surface area contributed by atoms with Crippen molar-refractivity contribution in [3.63, 3.8) is 0 Å². The zero-order chi connectivity index (χ0) is 14.0. The average molecular weight is 263 g/mol. The standard InChI is InChI=1S/C15H15F2NO/c1-9-6-7-12(16)14(8-9)19-15-11(10(2)18)4-3-5-13(15)17/h3-8,10H,18H2,1-2H3/t10-/m0/s1. The third kappa shape index (κ3) is 2.90. The van der Waals surface area contributed by atoms with Crippen molar-refractivity contribution in [2.45, 2.75) is 19.9 Å². The van der Waals surface area contributed by atoms with E-state index in [1.807, 2.05) is 0 Å². The van der Waals surface area contributed by atoms with Crippen LogP contribution in [0.15, 0.2) is 36.4 Å². The number of nitrogens with two attached hydrogens (primary N) is 1. The van der Waals surface area contributed by atoms with E-state index < -0.39 is 17.7 Å². The summed E-state index contributed by atoms with van der Waals surface area (Å²) in [7, 11) is 0. The van der Waals surface area contributed by atoms with Gasteiger partial charge in [0.05, 0.1) is 0 Å². The van der Waals surface area contributed by atoms with Crippen molar-refractivity contribution < 1.29 is 13.5 Å². The first-order valence-electron chi connectivity index (χ1n) is 5.97. The molecule has 0 fully saturated rings. The largest absolute Gasteiger partial charge is 0.451 e. The summed E-state index contributed by atoms with van der Waals surface area (Å²) in [6.45, 7) is 3.52. The number of hydrogen-bond donors (Lipinski definition) is 1. The average Bonchev–Trinajstić information content (AvgIpc) is 2.35. The minimum absolute atomic E-state index is 0.00741. The predicted octanol–water partition coefficient (Wildman–Crippen LogP) is 4.09. The molecule has 0 aromatic heterocycles. The van der Waals surface area contributed by atoms with Crippen LogP contribution in [0.25, 0.3) is 0 Å². The van der Waals surface area contributed by atoms with Crippen LogP contribution < -0.4 is 10.5 Å². The first-order chi connectivity index (χ1) is 8.99. The summed E-state index contributed by atoms with van der Waals surface area (Å²) in [5.41, 5.74) is 7.09. The first kappa shape index (κ1) is 13.5. The lowest BCUT2D eigenvalue weighted by atomic mass is 10.1. The van der Waals surface area contributed by atoms with E-state index in [0.717, 1.165) is 5.56 Å². The van der Waals surface area contributed by atoms with Gasteiger partial charge in [-0.1, -0.05) is 18.2 Å². The molecule has 19 heavy (non-hydrogen) atoms. The molecule has 2 N–H and O–H groups in total. The Morgan fingerprint density at radius 1 is 1.11 bits per heavy atom. The summed E-state index contributed by atoms with van der Waals surface area (Å²) >= 11 is 0. The van der Waals surface area contributed by atoms with Crippen LogP contribution in [-0.2, 0) is 0 Å². The number of hydrogen-bond acceptors (Lipinski definition) is 2. The zero-order valence-corrected chi connectivity index (χ0v) is 10.8. The topological polar surface area (TPSA) is 35.2 Å². The van der Waals surface area contributed by atoms with Crippen LogP contribution in [0, 0.1) is 18.6 Å². The molecule has 0 aliphatic heterocycles. The molecular weight excluding hydrogens is 248 g/mol. The third-order valence-electron chi connectivity index (χ3n) is 2.79. The van der Waals surface area contributed by atoms with Crippen LogP contribution in [0.5, 0.6) is 11.5 Å². The summed E-state index contributed by atoms with van der Waals surface area (Å²) in [6.07, 6.45) is 0. The molecular formula is C15H15F2NO. The quantitative estimate of drug-likeness (QED) is 0.905. The van der Waals surface area contributed by atoms with Crippen LogP contribution in [0.1, 0.15) is 24.1 Å². The van der Waals surface area contributed by atoms with Gasteiger partial charge in [-0.3, -0.25) is 0 Å². The number of benzene rings is 2. The van der Waals surface area contributed by atoms with Crippen molar-refractivity contribution >= 4 is 0 Å². The van der Waals surface area contributed by atoms with Crippen LogP contribution in [-0.4, -0.2) is 0 Å². The Bertz CT molecular complexity index is 597. The van der Waals surface area contributed by atoms with Gasteiger partial charge in [-0.05, 0) is 37.6 Å². The van der Waals surface area contributed by atoms with E-state index in [1.54, 1.807) is 32.0 Å². The highest BCUT2D eigenvalue weighted by Gasteiger charge is 2.15. The Morgan fingerprint density at radius 3 is 2.53 bits per heavy atom. The van der Waals surface area contributed by atoms with Crippen molar-refractivity contribution in [1.82, 2.24) is 0 Å². The molecule has 0 amide bonds. The fraction of sp³-hybridized carbons (Fsp3) is 0.200. The number of rotatable bonds is 3. The minimum Gasteiger partial charge on any atom is -0.451 e.